The van der Waals surface area contributed by atoms with Gasteiger partial charge in [0, 0.05) is 11.8 Å². The summed E-state index contributed by atoms with van der Waals surface area (Å²) in [7, 11) is 0. The molecule has 1 rings (SSSR count). The molecule has 1 unspecified atom stereocenters. The van der Waals surface area contributed by atoms with Crippen molar-refractivity contribution in [1.29, 1.82) is 5.41 Å². The van der Waals surface area contributed by atoms with Gasteiger partial charge in [-0.3, -0.25) is 11.1 Å². The van der Waals surface area contributed by atoms with Crippen molar-refractivity contribution in [3.05, 3.63) is 24.1 Å². The summed E-state index contributed by atoms with van der Waals surface area (Å²) in [5, 5.41) is 7.07. The van der Waals surface area contributed by atoms with Crippen molar-refractivity contribution < 1.29 is 4.74 Å². The average Bonchev–Trinajstić information content (AvgIpc) is 1.86. The van der Waals surface area contributed by atoms with Gasteiger partial charge in [0.05, 0.1) is 6.26 Å². The van der Waals surface area contributed by atoms with Gasteiger partial charge in [-0.1, -0.05) is 0 Å². The average molecular weight is 154 g/mol. The molecular formula is C6H10N4O. The first kappa shape index (κ1) is 7.62. The molecule has 7 N–H and O–H groups in total. The summed E-state index contributed by atoms with van der Waals surface area (Å²) in [6.45, 7) is 0. The molecule has 11 heavy (non-hydrogen) atoms. The van der Waals surface area contributed by atoms with E-state index < -0.39 is 5.72 Å². The predicted molar refractivity (Wildman–Crippen MR) is 41.3 cm³/mol. The monoisotopic (exact) mass is 154 g/mol. The van der Waals surface area contributed by atoms with Gasteiger partial charge in [0.15, 0.2) is 5.84 Å². The summed E-state index contributed by atoms with van der Waals surface area (Å²) in [5.74, 6) is -0.273. The summed E-state index contributed by atoms with van der Waals surface area (Å²) in [4.78, 5) is 0. The molecule has 0 aromatic carbocycles. The van der Waals surface area contributed by atoms with Gasteiger partial charge >= 0.3 is 0 Å². The van der Waals surface area contributed by atoms with Crippen LogP contribution in [0, 0.1) is 5.41 Å². The maximum absolute atomic E-state index is 7.07. The van der Waals surface area contributed by atoms with Gasteiger partial charge in [0.2, 0.25) is 5.72 Å². The third-order valence-corrected chi connectivity index (χ3v) is 1.33. The molecule has 0 fully saturated rings. The summed E-state index contributed by atoms with van der Waals surface area (Å²) in [6, 6.07) is 0. The van der Waals surface area contributed by atoms with Gasteiger partial charge in [0.1, 0.15) is 0 Å². The van der Waals surface area contributed by atoms with Crippen molar-refractivity contribution >= 4 is 5.84 Å². The van der Waals surface area contributed by atoms with Crippen LogP contribution in [-0.2, 0) is 4.74 Å². The molecule has 60 valence electrons. The van der Waals surface area contributed by atoms with E-state index in [2.05, 4.69) is 0 Å². The lowest BCUT2D eigenvalue weighted by Gasteiger charge is -2.26. The van der Waals surface area contributed by atoms with Crippen LogP contribution in [0.15, 0.2) is 24.1 Å². The van der Waals surface area contributed by atoms with E-state index >= 15 is 0 Å². The van der Waals surface area contributed by atoms with Gasteiger partial charge in [0.25, 0.3) is 0 Å². The molecule has 0 saturated carbocycles. The minimum Gasteiger partial charge on any atom is -0.469 e. The first-order valence-electron chi connectivity index (χ1n) is 3.01. The molecule has 0 aromatic heterocycles. The molecule has 0 bridgehead atoms. The molecule has 5 nitrogen and oxygen atoms in total. The molecule has 0 amide bonds. The summed E-state index contributed by atoms with van der Waals surface area (Å²) >= 11 is 0. The zero-order valence-electron chi connectivity index (χ0n) is 5.87. The number of rotatable bonds is 1. The number of ether oxygens (including phenoxy) is 1. The lowest BCUT2D eigenvalue weighted by Crippen LogP contribution is -2.52. The molecule has 1 aliphatic rings. The van der Waals surface area contributed by atoms with Crippen molar-refractivity contribution in [2.24, 2.45) is 17.2 Å². The van der Waals surface area contributed by atoms with Gasteiger partial charge in [-0.05, 0) is 6.08 Å². The van der Waals surface area contributed by atoms with Crippen LogP contribution in [0.4, 0.5) is 0 Å². The molecule has 0 spiro atoms. The van der Waals surface area contributed by atoms with Crippen LogP contribution in [-0.4, -0.2) is 11.6 Å². The van der Waals surface area contributed by atoms with Crippen molar-refractivity contribution in [2.45, 2.75) is 5.72 Å². The standard InChI is InChI=1S/C6H10N4O/c7-4-1-2-11-6(10,3-4)5(8)9/h1-3H,7,10H2,(H3,8,9). The van der Waals surface area contributed by atoms with Crippen LogP contribution < -0.4 is 17.2 Å². The normalized spacial score (nSPS) is 29.0. The first-order chi connectivity index (χ1) is 5.04. The Labute approximate surface area is 64.0 Å². The lowest BCUT2D eigenvalue weighted by molar-refractivity contribution is 0.132. The number of nitrogens with two attached hydrogens (primary N) is 3. The molecule has 0 saturated heterocycles. The zero-order chi connectivity index (χ0) is 8.48. The topological polar surface area (TPSA) is 111 Å². The lowest BCUT2D eigenvalue weighted by atomic mass is 10.1. The summed E-state index contributed by atoms with van der Waals surface area (Å²) in [6.07, 6.45) is 4.24. The van der Waals surface area contributed by atoms with E-state index in [4.69, 9.17) is 27.3 Å². The number of allylic oxidation sites excluding steroid dienone is 1. The molecule has 1 aliphatic heterocycles. The molecule has 0 aliphatic carbocycles. The Morgan fingerprint density at radius 3 is 2.64 bits per heavy atom. The van der Waals surface area contributed by atoms with E-state index in [1.54, 1.807) is 0 Å². The number of hydrogen-bond acceptors (Lipinski definition) is 4. The second-order valence-electron chi connectivity index (χ2n) is 2.27. The van der Waals surface area contributed by atoms with Crippen molar-refractivity contribution in [1.82, 2.24) is 0 Å². The highest BCUT2D eigenvalue weighted by Crippen LogP contribution is 2.12. The van der Waals surface area contributed by atoms with E-state index in [0.29, 0.717) is 5.70 Å². The largest absolute Gasteiger partial charge is 0.469 e. The fraction of sp³-hybridized carbons (Fsp3) is 0.167. The second-order valence-corrected chi connectivity index (χ2v) is 2.27. The van der Waals surface area contributed by atoms with Gasteiger partial charge in [-0.2, -0.15) is 0 Å². The quantitative estimate of drug-likeness (QED) is 0.285. The van der Waals surface area contributed by atoms with E-state index in [1.165, 1.54) is 18.4 Å². The molecule has 0 radical (unpaired) electrons. The predicted octanol–water partition coefficient (Wildman–Crippen LogP) is -1.04. The summed E-state index contributed by atoms with van der Waals surface area (Å²) in [5.41, 5.74) is 15.2. The molecule has 1 atom stereocenters. The SMILES string of the molecule is N=C(N)C1(N)C=C(N)C=CO1. The van der Waals surface area contributed by atoms with Crippen molar-refractivity contribution in [3.8, 4) is 0 Å². The molecular weight excluding hydrogens is 144 g/mol. The van der Waals surface area contributed by atoms with Gasteiger partial charge in [-0.15, -0.1) is 0 Å². The van der Waals surface area contributed by atoms with E-state index in [9.17, 15) is 0 Å². The molecule has 5 heteroatoms. The fourth-order valence-corrected chi connectivity index (χ4v) is 0.696. The minimum atomic E-state index is -1.36. The maximum Gasteiger partial charge on any atom is 0.236 e. The molecule has 0 aromatic rings. The Morgan fingerprint density at radius 1 is 1.64 bits per heavy atom. The van der Waals surface area contributed by atoms with Gasteiger partial charge in [-0.25, -0.2) is 0 Å². The third-order valence-electron chi connectivity index (χ3n) is 1.33. The Morgan fingerprint density at radius 2 is 2.27 bits per heavy atom. The zero-order valence-corrected chi connectivity index (χ0v) is 5.87. The van der Waals surface area contributed by atoms with E-state index in [1.807, 2.05) is 0 Å². The Bertz CT molecular complexity index is 245. The van der Waals surface area contributed by atoms with Crippen LogP contribution in [0.2, 0.25) is 0 Å². The van der Waals surface area contributed by atoms with Crippen molar-refractivity contribution in [2.75, 3.05) is 0 Å². The first-order valence-corrected chi connectivity index (χ1v) is 3.01. The minimum absolute atomic E-state index is 0.273. The fourth-order valence-electron chi connectivity index (χ4n) is 0.696. The Balaban J connectivity index is 2.92. The van der Waals surface area contributed by atoms with Crippen LogP contribution in [0.1, 0.15) is 0 Å². The maximum atomic E-state index is 7.07. The Hall–Kier alpha value is -1.49. The third kappa shape index (κ3) is 1.32. The highest BCUT2D eigenvalue weighted by molar-refractivity contribution is 5.88. The highest BCUT2D eigenvalue weighted by Gasteiger charge is 2.29. The summed E-state index contributed by atoms with van der Waals surface area (Å²) < 4.78 is 4.89. The van der Waals surface area contributed by atoms with E-state index in [0.717, 1.165) is 0 Å². The van der Waals surface area contributed by atoms with E-state index in [-0.39, 0.29) is 5.84 Å². The molecule has 1 heterocycles. The second kappa shape index (κ2) is 2.28. The highest BCUT2D eigenvalue weighted by atomic mass is 16.5. The van der Waals surface area contributed by atoms with Gasteiger partial charge < -0.3 is 16.2 Å². The number of nitrogens with one attached hydrogen (secondary N) is 1. The van der Waals surface area contributed by atoms with Crippen LogP contribution >= 0.6 is 0 Å². The van der Waals surface area contributed by atoms with Crippen LogP contribution in [0.5, 0.6) is 0 Å². The number of amidine groups is 1. The van der Waals surface area contributed by atoms with Crippen molar-refractivity contribution in [3.63, 3.8) is 0 Å². The Kier molecular flexibility index (Phi) is 1.58. The smallest absolute Gasteiger partial charge is 0.236 e. The number of hydrogen-bond donors (Lipinski definition) is 4. The van der Waals surface area contributed by atoms with Crippen LogP contribution in [0.25, 0.3) is 0 Å². The van der Waals surface area contributed by atoms with Crippen LogP contribution in [0.3, 0.4) is 0 Å².